The molecule has 0 nitrogen and oxygen atoms in total. The van der Waals surface area contributed by atoms with Crippen LogP contribution in [0, 0.1) is 0 Å². The number of benzene rings is 6. The van der Waals surface area contributed by atoms with Crippen molar-refractivity contribution in [2.45, 2.75) is 68.9 Å². The molecule has 6 aromatic rings. The summed E-state index contributed by atoms with van der Waals surface area (Å²) in [7, 11) is -2.89. The number of hydrogen-bond donors (Lipinski definition) is 0. The summed E-state index contributed by atoms with van der Waals surface area (Å²) in [4.78, 5) is 0. The second-order valence-corrected chi connectivity index (χ2v) is 30.4. The zero-order valence-electron chi connectivity index (χ0n) is 30.1. The van der Waals surface area contributed by atoms with Crippen LogP contribution in [0.1, 0.15) is 82.9 Å². The molecule has 4 bridgehead atoms. The Kier molecular flexibility index (Phi) is 8.13. The second kappa shape index (κ2) is 12.6. The number of rotatable bonds is 8. The Morgan fingerprint density at radius 3 is 1.30 bits per heavy atom. The Hall–Kier alpha value is -3.58. The molecule has 6 aromatic carbocycles. The molecule has 2 heteroatoms. The van der Waals surface area contributed by atoms with Crippen LogP contribution in [0.4, 0.5) is 0 Å². The molecule has 248 valence electrons. The van der Waals surface area contributed by atoms with E-state index in [4.69, 9.17) is 0 Å². The molecule has 9 rings (SSSR count). The first-order chi connectivity index (χ1) is 24.6. The minimum atomic E-state index is -3.29. The van der Waals surface area contributed by atoms with Crippen molar-refractivity contribution in [2.24, 2.45) is 0 Å². The molecule has 0 saturated heterocycles. The van der Waals surface area contributed by atoms with E-state index in [-0.39, 0.29) is 0 Å². The van der Waals surface area contributed by atoms with Gasteiger partial charge in [0.2, 0.25) is 0 Å². The maximum atomic E-state index is 2.63. The van der Waals surface area contributed by atoms with E-state index in [9.17, 15) is 0 Å². The molecule has 0 saturated carbocycles. The summed E-state index contributed by atoms with van der Waals surface area (Å²) in [5.41, 5.74) is 10.1. The predicted molar refractivity (Wildman–Crippen MR) is 216 cm³/mol. The molecule has 0 radical (unpaired) electrons. The van der Waals surface area contributed by atoms with Gasteiger partial charge in [-0.15, -0.1) is 0 Å². The quantitative estimate of drug-likeness (QED) is 0.136. The van der Waals surface area contributed by atoms with Crippen LogP contribution in [0.5, 0.6) is 0 Å². The van der Waals surface area contributed by atoms with Gasteiger partial charge in [-0.1, -0.05) is 0 Å². The Morgan fingerprint density at radius 2 is 0.880 bits per heavy atom. The van der Waals surface area contributed by atoms with Crippen LogP contribution >= 0.6 is 0 Å². The summed E-state index contributed by atoms with van der Waals surface area (Å²) in [5.74, 6) is 0. The molecule has 2 unspecified atom stereocenters. The van der Waals surface area contributed by atoms with Gasteiger partial charge in [0.15, 0.2) is 0 Å². The van der Waals surface area contributed by atoms with Gasteiger partial charge >= 0.3 is 306 Å². The minimum absolute atomic E-state index is 0.579. The molecule has 3 aliphatic rings. The van der Waals surface area contributed by atoms with E-state index in [1.54, 1.807) is 43.8 Å². The van der Waals surface area contributed by atoms with Crippen LogP contribution in [0.15, 0.2) is 145 Å². The van der Waals surface area contributed by atoms with Gasteiger partial charge in [-0.25, -0.2) is 0 Å². The van der Waals surface area contributed by atoms with Gasteiger partial charge in [0.05, 0.1) is 0 Å². The van der Waals surface area contributed by atoms with E-state index in [0.29, 0.717) is 7.25 Å². The van der Waals surface area contributed by atoms with Crippen molar-refractivity contribution in [2.75, 3.05) is 0 Å². The normalized spacial score (nSPS) is 19.8. The van der Waals surface area contributed by atoms with E-state index in [1.807, 2.05) is 0 Å². The molecular formula is C48H48SiZr. The zero-order chi connectivity index (χ0) is 34.0. The first-order valence-corrected chi connectivity index (χ1v) is 27.5. The summed E-state index contributed by atoms with van der Waals surface area (Å²) >= 11 is -3.29. The molecule has 50 heavy (non-hydrogen) atoms. The first kappa shape index (κ1) is 32.3. The fourth-order valence-electron chi connectivity index (χ4n) is 11.3. The van der Waals surface area contributed by atoms with Crippen LogP contribution in [-0.4, -0.2) is 8.07 Å². The Labute approximate surface area is 304 Å². The SMILES string of the molecule is CCC[CH2][Zr]1([CH2]CCC)[CH]2C(C)=C(c3c2ccc2ccccc32)[Si](c2ccccc2)(c2ccccc2)C2=C(C)[CH]1c1ccc3ccccc3c12. The van der Waals surface area contributed by atoms with Crippen LogP contribution in [-0.2, 0) is 20.3 Å². The topological polar surface area (TPSA) is 0 Å². The average molecular weight is 744 g/mol. The zero-order valence-corrected chi connectivity index (χ0v) is 33.6. The van der Waals surface area contributed by atoms with E-state index in [0.717, 1.165) is 0 Å². The van der Waals surface area contributed by atoms with Gasteiger partial charge in [-0.3, -0.25) is 0 Å². The van der Waals surface area contributed by atoms with Crippen LogP contribution in [0.2, 0.25) is 8.26 Å². The van der Waals surface area contributed by atoms with Gasteiger partial charge in [0.25, 0.3) is 0 Å². The third-order valence-corrected chi connectivity index (χ3v) is 33.8. The molecule has 1 heterocycles. The van der Waals surface area contributed by atoms with Crippen molar-refractivity contribution in [3.8, 4) is 0 Å². The monoisotopic (exact) mass is 742 g/mol. The average Bonchev–Trinajstić information content (AvgIpc) is 3.66. The van der Waals surface area contributed by atoms with Crippen molar-refractivity contribution in [3.05, 3.63) is 167 Å². The molecule has 0 spiro atoms. The van der Waals surface area contributed by atoms with Gasteiger partial charge in [-0.2, -0.15) is 0 Å². The van der Waals surface area contributed by atoms with Crippen LogP contribution in [0.25, 0.3) is 31.9 Å². The van der Waals surface area contributed by atoms with Crippen molar-refractivity contribution in [1.29, 1.82) is 0 Å². The van der Waals surface area contributed by atoms with E-state index in [2.05, 4.69) is 161 Å². The van der Waals surface area contributed by atoms with Crippen molar-refractivity contribution in [1.82, 2.24) is 0 Å². The van der Waals surface area contributed by atoms with Gasteiger partial charge < -0.3 is 0 Å². The van der Waals surface area contributed by atoms with E-state index < -0.39 is 28.3 Å². The van der Waals surface area contributed by atoms with Crippen LogP contribution in [0.3, 0.4) is 0 Å². The summed E-state index contributed by atoms with van der Waals surface area (Å²) in [6.45, 7) is 10.1. The fourth-order valence-corrected chi connectivity index (χ4v) is 36.4. The number of hydrogen-bond acceptors (Lipinski definition) is 0. The summed E-state index contributed by atoms with van der Waals surface area (Å²) in [5, 5.41) is 12.2. The standard InChI is InChI=1S/C40H30Si.2C4H9.Zr/c1-27-25-31-23-21-29-13-9-11-19-35(29)37(31)39(27)41(33-15-5-3-6-16-33,34-17-7-4-8-18-34)40-28(2)26-32-24-22-30-14-10-12-20-36(30)38(32)40;2*1-3-4-2;/h3-26H,1-2H3;2*1,3-4H2,2H3;. The molecule has 1 aliphatic heterocycles. The van der Waals surface area contributed by atoms with Crippen molar-refractivity contribution >= 4 is 50.4 Å². The van der Waals surface area contributed by atoms with Crippen molar-refractivity contribution < 1.29 is 20.3 Å². The molecule has 0 amide bonds. The Bertz CT molecular complexity index is 2160. The second-order valence-electron chi connectivity index (χ2n) is 15.4. The van der Waals surface area contributed by atoms with Gasteiger partial charge in [-0.05, 0) is 0 Å². The Morgan fingerprint density at radius 1 is 0.480 bits per heavy atom. The summed E-state index contributed by atoms with van der Waals surface area (Å²) in [6.07, 6.45) is 5.25. The number of unbranched alkanes of at least 4 members (excludes halogenated alkanes) is 2. The van der Waals surface area contributed by atoms with E-state index in [1.165, 1.54) is 65.9 Å². The maximum absolute atomic E-state index is 3.29. The van der Waals surface area contributed by atoms with Gasteiger partial charge in [0, 0.05) is 0 Å². The molecule has 0 aromatic heterocycles. The molecule has 2 atom stereocenters. The summed E-state index contributed by atoms with van der Waals surface area (Å²) in [6, 6.07) is 52.6. The first-order valence-electron chi connectivity index (χ1n) is 19.2. The van der Waals surface area contributed by atoms with Crippen molar-refractivity contribution in [3.63, 3.8) is 0 Å². The summed E-state index contributed by atoms with van der Waals surface area (Å²) < 4.78 is 4.07. The molecule has 2 aliphatic carbocycles. The number of fused-ring (bicyclic) bond motifs is 12. The molecule has 0 fully saturated rings. The number of allylic oxidation sites excluding steroid dienone is 2. The third-order valence-electron chi connectivity index (χ3n) is 13.0. The molecular weight excluding hydrogens is 696 g/mol. The predicted octanol–water partition coefficient (Wildman–Crippen LogP) is 12.3. The molecule has 0 N–H and O–H groups in total. The van der Waals surface area contributed by atoms with E-state index >= 15 is 0 Å². The van der Waals surface area contributed by atoms with Gasteiger partial charge in [0.1, 0.15) is 0 Å². The van der Waals surface area contributed by atoms with Crippen LogP contribution < -0.4 is 10.4 Å². The Balaban J connectivity index is 1.56. The fraction of sp³-hybridized carbons (Fsp3) is 0.250. The third kappa shape index (κ3) is 4.37.